The van der Waals surface area contributed by atoms with E-state index in [1.54, 1.807) is 23.1 Å². The van der Waals surface area contributed by atoms with Gasteiger partial charge in [0.25, 0.3) is 5.69 Å². The zero-order valence-corrected chi connectivity index (χ0v) is 16.1. The minimum absolute atomic E-state index is 0.00365. The first kappa shape index (κ1) is 21.3. The molecule has 0 spiro atoms. The summed E-state index contributed by atoms with van der Waals surface area (Å²) in [5.41, 5.74) is 2.06. The molecule has 0 bridgehead atoms. The van der Waals surface area contributed by atoms with E-state index in [1.807, 2.05) is 0 Å². The van der Waals surface area contributed by atoms with E-state index in [0.717, 1.165) is 19.3 Å². The minimum atomic E-state index is -0.465. The lowest BCUT2D eigenvalue weighted by Gasteiger charge is -2.22. The van der Waals surface area contributed by atoms with Crippen LogP contribution < -0.4 is 0 Å². The molecule has 1 aliphatic carbocycles. The maximum atomic E-state index is 12.6. The van der Waals surface area contributed by atoms with E-state index in [2.05, 4.69) is 10.8 Å². The van der Waals surface area contributed by atoms with Gasteiger partial charge in [0.05, 0.1) is 18.5 Å². The third-order valence-corrected chi connectivity index (χ3v) is 4.74. The summed E-state index contributed by atoms with van der Waals surface area (Å²) in [5.74, 6) is -0.548. The summed E-state index contributed by atoms with van der Waals surface area (Å²) in [6.45, 7) is 0.843. The Morgan fingerprint density at radius 3 is 2.57 bits per heavy atom. The van der Waals surface area contributed by atoms with E-state index in [1.165, 1.54) is 43.7 Å². The van der Waals surface area contributed by atoms with Crippen molar-refractivity contribution in [3.05, 3.63) is 57.7 Å². The highest BCUT2D eigenvalue weighted by atomic mass is 16.6. The van der Waals surface area contributed by atoms with Crippen molar-refractivity contribution in [1.82, 2.24) is 4.90 Å². The molecule has 1 aromatic rings. The lowest BCUT2D eigenvalue weighted by molar-refractivity contribution is -0.384. The Morgan fingerprint density at radius 1 is 1.21 bits per heavy atom. The van der Waals surface area contributed by atoms with Gasteiger partial charge in [0.1, 0.15) is 0 Å². The number of nitro groups is 1. The number of ether oxygens (including phenoxy) is 1. The highest BCUT2D eigenvalue weighted by Crippen LogP contribution is 2.20. The third-order valence-electron chi connectivity index (χ3n) is 4.74. The second-order valence-corrected chi connectivity index (χ2v) is 6.69. The van der Waals surface area contributed by atoms with Crippen LogP contribution in [0.15, 0.2) is 42.0 Å². The van der Waals surface area contributed by atoms with Crippen LogP contribution in [-0.2, 0) is 14.3 Å². The zero-order chi connectivity index (χ0) is 20.4. The molecule has 0 aliphatic heterocycles. The smallest absolute Gasteiger partial charge is 0.307 e. The number of benzene rings is 1. The van der Waals surface area contributed by atoms with Gasteiger partial charge in [-0.15, -0.1) is 0 Å². The van der Waals surface area contributed by atoms with Gasteiger partial charge in [0.2, 0.25) is 5.91 Å². The van der Waals surface area contributed by atoms with Crippen molar-refractivity contribution in [3.8, 4) is 0 Å². The Bertz CT molecular complexity index is 753. The first-order valence-electron chi connectivity index (χ1n) is 9.46. The fourth-order valence-electron chi connectivity index (χ4n) is 3.05. The largest absolute Gasteiger partial charge is 0.469 e. The Morgan fingerprint density at radius 2 is 1.96 bits per heavy atom. The first-order valence-corrected chi connectivity index (χ1v) is 9.46. The van der Waals surface area contributed by atoms with Crippen molar-refractivity contribution >= 4 is 23.6 Å². The van der Waals surface area contributed by atoms with Gasteiger partial charge in [-0.1, -0.05) is 11.6 Å². The highest BCUT2D eigenvalue weighted by Gasteiger charge is 2.14. The van der Waals surface area contributed by atoms with Crippen LogP contribution in [0.2, 0.25) is 0 Å². The average molecular weight is 386 g/mol. The molecule has 0 unspecified atom stereocenters. The molecule has 0 atom stereocenters. The molecule has 7 heteroatoms. The Balaban J connectivity index is 2.00. The molecule has 0 aromatic heterocycles. The highest BCUT2D eigenvalue weighted by molar-refractivity contribution is 5.92. The number of hydrogen-bond acceptors (Lipinski definition) is 5. The van der Waals surface area contributed by atoms with Crippen LogP contribution in [0.4, 0.5) is 5.69 Å². The second kappa shape index (κ2) is 11.0. The fraction of sp³-hybridized carbons (Fsp3) is 0.429. The number of allylic oxidation sites excluding steroid dienone is 1. The predicted molar refractivity (Wildman–Crippen MR) is 107 cm³/mol. The zero-order valence-electron chi connectivity index (χ0n) is 16.1. The Hall–Kier alpha value is -2.96. The number of non-ortho nitro benzene ring substituents is 1. The molecule has 0 saturated carbocycles. The molecule has 1 amide bonds. The average Bonchev–Trinajstić information content (AvgIpc) is 2.72. The van der Waals surface area contributed by atoms with Crippen LogP contribution in [0.3, 0.4) is 0 Å². The molecule has 2 rings (SSSR count). The van der Waals surface area contributed by atoms with Gasteiger partial charge in [0, 0.05) is 31.3 Å². The standard InChI is InChI=1S/C21H26N2O5/c1-28-21(25)14-16-22(15-13-17-5-3-2-4-6-17)20(24)12-9-18-7-10-19(11-8-18)23(26)27/h5,7-12H,2-4,6,13-16H2,1H3/b12-9+. The number of carbonyl (C=O) groups is 2. The van der Waals surface area contributed by atoms with E-state index < -0.39 is 4.92 Å². The number of methoxy groups -OCH3 is 1. The van der Waals surface area contributed by atoms with Crippen LogP contribution in [0.25, 0.3) is 6.08 Å². The van der Waals surface area contributed by atoms with Gasteiger partial charge < -0.3 is 9.64 Å². The number of hydrogen-bond donors (Lipinski definition) is 0. The maximum Gasteiger partial charge on any atom is 0.307 e. The quantitative estimate of drug-likeness (QED) is 0.211. The molecule has 0 fully saturated rings. The fourth-order valence-corrected chi connectivity index (χ4v) is 3.05. The van der Waals surface area contributed by atoms with E-state index in [-0.39, 0.29) is 24.0 Å². The van der Waals surface area contributed by atoms with Crippen molar-refractivity contribution in [1.29, 1.82) is 0 Å². The minimum Gasteiger partial charge on any atom is -0.469 e. The molecule has 0 saturated heterocycles. The van der Waals surface area contributed by atoms with Gasteiger partial charge in [0.15, 0.2) is 0 Å². The van der Waals surface area contributed by atoms with E-state index in [9.17, 15) is 19.7 Å². The van der Waals surface area contributed by atoms with Gasteiger partial charge in [-0.25, -0.2) is 0 Å². The lowest BCUT2D eigenvalue weighted by Crippen LogP contribution is -2.33. The number of carbonyl (C=O) groups excluding carboxylic acids is 2. The Kier molecular flexibility index (Phi) is 8.39. The van der Waals surface area contributed by atoms with Crippen LogP contribution in [0.1, 0.15) is 44.1 Å². The van der Waals surface area contributed by atoms with Crippen molar-refractivity contribution in [2.45, 2.75) is 38.5 Å². The van der Waals surface area contributed by atoms with Crippen molar-refractivity contribution in [2.24, 2.45) is 0 Å². The van der Waals surface area contributed by atoms with Crippen LogP contribution in [0.5, 0.6) is 0 Å². The molecule has 150 valence electrons. The summed E-state index contributed by atoms with van der Waals surface area (Å²) in [5, 5.41) is 10.7. The SMILES string of the molecule is COC(=O)CCN(CCC1=CCCCC1)C(=O)/C=C/c1ccc([N+](=O)[O-])cc1. The summed E-state index contributed by atoms with van der Waals surface area (Å²) in [4.78, 5) is 36.0. The molecule has 0 heterocycles. The molecule has 1 aliphatic rings. The van der Waals surface area contributed by atoms with E-state index >= 15 is 0 Å². The molecule has 7 nitrogen and oxygen atoms in total. The van der Waals surface area contributed by atoms with Gasteiger partial charge >= 0.3 is 5.97 Å². The summed E-state index contributed by atoms with van der Waals surface area (Å²) >= 11 is 0. The molecule has 0 N–H and O–H groups in total. The van der Waals surface area contributed by atoms with Gasteiger partial charge in [-0.3, -0.25) is 19.7 Å². The van der Waals surface area contributed by atoms with Crippen molar-refractivity contribution in [3.63, 3.8) is 0 Å². The second-order valence-electron chi connectivity index (χ2n) is 6.69. The number of rotatable bonds is 9. The Labute approximate surface area is 164 Å². The molecule has 1 aromatic carbocycles. The molecular weight excluding hydrogens is 360 g/mol. The summed E-state index contributed by atoms with van der Waals surface area (Å²) in [6, 6.07) is 5.98. The number of nitro benzene ring substituents is 1. The van der Waals surface area contributed by atoms with Crippen LogP contribution in [-0.4, -0.2) is 41.9 Å². The molecule has 0 radical (unpaired) electrons. The predicted octanol–water partition coefficient (Wildman–Crippen LogP) is 3.89. The van der Waals surface area contributed by atoms with Crippen LogP contribution >= 0.6 is 0 Å². The first-order chi connectivity index (χ1) is 13.5. The third kappa shape index (κ3) is 6.98. The maximum absolute atomic E-state index is 12.6. The van der Waals surface area contributed by atoms with Crippen molar-refractivity contribution in [2.75, 3.05) is 20.2 Å². The molecule has 28 heavy (non-hydrogen) atoms. The van der Waals surface area contributed by atoms with E-state index in [4.69, 9.17) is 0 Å². The topological polar surface area (TPSA) is 89.8 Å². The van der Waals surface area contributed by atoms with Gasteiger partial charge in [-0.2, -0.15) is 0 Å². The summed E-state index contributed by atoms with van der Waals surface area (Å²) in [7, 11) is 1.33. The number of esters is 1. The monoisotopic (exact) mass is 386 g/mol. The number of nitrogens with zero attached hydrogens (tertiary/aromatic N) is 2. The van der Waals surface area contributed by atoms with Crippen LogP contribution in [0, 0.1) is 10.1 Å². The summed E-state index contributed by atoms with van der Waals surface area (Å²) < 4.78 is 4.67. The summed E-state index contributed by atoms with van der Waals surface area (Å²) in [6.07, 6.45) is 10.8. The molecular formula is C21H26N2O5. The van der Waals surface area contributed by atoms with Crippen molar-refractivity contribution < 1.29 is 19.2 Å². The normalized spacial score (nSPS) is 13.8. The van der Waals surface area contributed by atoms with E-state index in [0.29, 0.717) is 18.7 Å². The van der Waals surface area contributed by atoms with Gasteiger partial charge in [-0.05, 0) is 55.9 Å². The number of amides is 1. The lowest BCUT2D eigenvalue weighted by atomic mass is 9.97.